The van der Waals surface area contributed by atoms with Crippen molar-refractivity contribution in [3.63, 3.8) is 0 Å². The molecule has 155 valence electrons. The molecule has 1 radical (unpaired) electrons. The molecule has 0 bridgehead atoms. The molecule has 0 aromatic heterocycles. The van der Waals surface area contributed by atoms with E-state index in [2.05, 4.69) is 6.58 Å². The van der Waals surface area contributed by atoms with Crippen LogP contribution in [0.25, 0.3) is 0 Å². The van der Waals surface area contributed by atoms with Gasteiger partial charge in [0, 0.05) is 18.4 Å². The van der Waals surface area contributed by atoms with Crippen LogP contribution >= 0.6 is 0 Å². The van der Waals surface area contributed by atoms with Gasteiger partial charge in [-0.05, 0) is 64.2 Å². The van der Waals surface area contributed by atoms with Gasteiger partial charge in [0.05, 0.1) is 0 Å². The zero-order chi connectivity index (χ0) is 20.8. The molecule has 2 aliphatic rings. The summed E-state index contributed by atoms with van der Waals surface area (Å²) in [6, 6.07) is 0. The summed E-state index contributed by atoms with van der Waals surface area (Å²) >= 11 is 0. The molecule has 1 N–H and O–H groups in total. The summed E-state index contributed by atoms with van der Waals surface area (Å²) < 4.78 is 10.4. The Labute approximate surface area is 165 Å². The van der Waals surface area contributed by atoms with Crippen molar-refractivity contribution >= 4 is 23.5 Å². The minimum absolute atomic E-state index is 0.0984. The number of esters is 2. The number of carbonyl (C=O) groups is 4. The van der Waals surface area contributed by atoms with Crippen molar-refractivity contribution in [2.24, 2.45) is 11.8 Å². The van der Waals surface area contributed by atoms with Crippen molar-refractivity contribution in [1.29, 1.82) is 0 Å². The van der Waals surface area contributed by atoms with E-state index in [4.69, 9.17) is 9.47 Å². The highest BCUT2D eigenvalue weighted by atomic mass is 16.5. The van der Waals surface area contributed by atoms with Crippen LogP contribution in [0.3, 0.4) is 0 Å². The molecular formula is C21H29O7. The number of hydrogen-bond acceptors (Lipinski definition) is 7. The SMILES string of the molecule is C=C(C)C(=O)OC1CCC(C(=O)[C](O)C2CCC(OC(=O)C(C)=O)CC2)CC1. The van der Waals surface area contributed by atoms with Crippen LogP contribution in [0.2, 0.25) is 0 Å². The summed E-state index contributed by atoms with van der Waals surface area (Å²) in [5.74, 6) is -2.60. The first-order valence-corrected chi connectivity index (χ1v) is 9.87. The molecule has 2 rings (SSSR count). The molecule has 2 saturated carbocycles. The van der Waals surface area contributed by atoms with Crippen LogP contribution in [-0.4, -0.2) is 40.8 Å². The lowest BCUT2D eigenvalue weighted by Crippen LogP contribution is -2.35. The van der Waals surface area contributed by atoms with E-state index >= 15 is 0 Å². The largest absolute Gasteiger partial charge is 0.459 e. The van der Waals surface area contributed by atoms with Crippen LogP contribution in [0.15, 0.2) is 12.2 Å². The second kappa shape index (κ2) is 9.96. The molecule has 0 spiro atoms. The third-order valence-electron chi connectivity index (χ3n) is 5.54. The highest BCUT2D eigenvalue weighted by Gasteiger charge is 2.38. The van der Waals surface area contributed by atoms with Crippen molar-refractivity contribution in [3.05, 3.63) is 18.3 Å². The van der Waals surface area contributed by atoms with Crippen molar-refractivity contribution < 1.29 is 33.8 Å². The van der Waals surface area contributed by atoms with E-state index in [1.807, 2.05) is 0 Å². The fourth-order valence-corrected chi connectivity index (χ4v) is 3.79. The van der Waals surface area contributed by atoms with Gasteiger partial charge < -0.3 is 14.6 Å². The quantitative estimate of drug-likeness (QED) is 0.402. The Morgan fingerprint density at radius 3 is 1.61 bits per heavy atom. The monoisotopic (exact) mass is 393 g/mol. The van der Waals surface area contributed by atoms with Gasteiger partial charge in [-0.2, -0.15) is 0 Å². The van der Waals surface area contributed by atoms with Gasteiger partial charge in [-0.25, -0.2) is 9.59 Å². The van der Waals surface area contributed by atoms with E-state index in [-0.39, 0.29) is 35.9 Å². The van der Waals surface area contributed by atoms with Gasteiger partial charge in [0.25, 0.3) is 0 Å². The van der Waals surface area contributed by atoms with Gasteiger partial charge in [0.2, 0.25) is 5.78 Å². The number of aliphatic hydroxyl groups excluding tert-OH is 1. The van der Waals surface area contributed by atoms with Crippen LogP contribution in [0.5, 0.6) is 0 Å². The first-order valence-electron chi connectivity index (χ1n) is 9.87. The Bertz CT molecular complexity index is 623. The van der Waals surface area contributed by atoms with Crippen molar-refractivity contribution in [3.8, 4) is 0 Å². The minimum Gasteiger partial charge on any atom is -0.459 e. The molecule has 0 amide bonds. The molecule has 2 aliphatic carbocycles. The fourth-order valence-electron chi connectivity index (χ4n) is 3.79. The molecule has 0 aliphatic heterocycles. The average Bonchev–Trinajstić information content (AvgIpc) is 2.67. The van der Waals surface area contributed by atoms with Crippen molar-refractivity contribution in [1.82, 2.24) is 0 Å². The van der Waals surface area contributed by atoms with Gasteiger partial charge in [-0.1, -0.05) is 6.58 Å². The smallest absolute Gasteiger partial charge is 0.374 e. The second-order valence-electron chi connectivity index (χ2n) is 7.84. The van der Waals surface area contributed by atoms with Crippen LogP contribution in [0.1, 0.15) is 65.2 Å². The standard InChI is InChI=1S/C21H29O7/c1-12(2)20(25)27-16-8-4-14(5-9-16)18(23)19(24)15-6-10-17(11-7-15)28-21(26)13(3)22/h14-17,24H,1,4-11H2,2-3H3. The second-order valence-corrected chi connectivity index (χ2v) is 7.84. The van der Waals surface area contributed by atoms with Crippen molar-refractivity contribution in [2.45, 2.75) is 77.4 Å². The lowest BCUT2D eigenvalue weighted by atomic mass is 9.76. The molecule has 0 unspecified atom stereocenters. The van der Waals surface area contributed by atoms with Gasteiger partial charge in [-0.15, -0.1) is 0 Å². The molecular weight excluding hydrogens is 364 g/mol. The molecule has 7 heteroatoms. The Balaban J connectivity index is 1.76. The lowest BCUT2D eigenvalue weighted by Gasteiger charge is -2.33. The van der Waals surface area contributed by atoms with Gasteiger partial charge in [0.1, 0.15) is 12.2 Å². The third kappa shape index (κ3) is 5.99. The topological polar surface area (TPSA) is 107 Å². The maximum absolute atomic E-state index is 12.6. The maximum atomic E-state index is 12.6. The summed E-state index contributed by atoms with van der Waals surface area (Å²) in [7, 11) is 0. The predicted octanol–water partition coefficient (Wildman–Crippen LogP) is 2.83. The predicted molar refractivity (Wildman–Crippen MR) is 99.4 cm³/mol. The van der Waals surface area contributed by atoms with Crippen molar-refractivity contribution in [2.75, 3.05) is 0 Å². The first-order chi connectivity index (χ1) is 13.2. The highest BCUT2D eigenvalue weighted by molar-refractivity contribution is 6.32. The molecule has 0 heterocycles. The number of ketones is 2. The van der Waals surface area contributed by atoms with E-state index < -0.39 is 17.7 Å². The van der Waals surface area contributed by atoms with E-state index in [9.17, 15) is 24.3 Å². The number of hydrogen-bond donors (Lipinski definition) is 1. The lowest BCUT2D eigenvalue weighted by molar-refractivity contribution is -0.158. The summed E-state index contributed by atoms with van der Waals surface area (Å²) in [6.45, 7) is 6.32. The number of carbonyl (C=O) groups excluding carboxylic acids is 4. The summed E-state index contributed by atoms with van der Waals surface area (Å²) in [4.78, 5) is 46.6. The van der Waals surface area contributed by atoms with Gasteiger partial charge in [0.15, 0.2) is 11.9 Å². The van der Waals surface area contributed by atoms with E-state index in [0.29, 0.717) is 56.9 Å². The molecule has 0 aromatic carbocycles. The Kier molecular flexibility index (Phi) is 7.92. The van der Waals surface area contributed by atoms with Crippen LogP contribution < -0.4 is 0 Å². The van der Waals surface area contributed by atoms with E-state index in [1.165, 1.54) is 6.92 Å². The van der Waals surface area contributed by atoms with Gasteiger partial charge >= 0.3 is 11.9 Å². The van der Waals surface area contributed by atoms with Crippen LogP contribution in [0, 0.1) is 17.9 Å². The summed E-state index contributed by atoms with van der Waals surface area (Å²) in [6.07, 6.45) is 3.81. The van der Waals surface area contributed by atoms with Gasteiger partial charge in [-0.3, -0.25) is 9.59 Å². The number of Topliss-reactive ketones (excluding diaryl/α,β-unsaturated/α-hetero) is 2. The fraction of sp³-hybridized carbons (Fsp3) is 0.667. The molecule has 28 heavy (non-hydrogen) atoms. The Hall–Kier alpha value is -2.02. The molecule has 0 atom stereocenters. The van der Waals surface area contributed by atoms with E-state index in [0.717, 1.165) is 0 Å². The van der Waals surface area contributed by atoms with E-state index in [1.54, 1.807) is 6.92 Å². The molecule has 2 fully saturated rings. The zero-order valence-electron chi connectivity index (χ0n) is 16.6. The Morgan fingerprint density at radius 2 is 1.18 bits per heavy atom. The molecule has 0 aromatic rings. The maximum Gasteiger partial charge on any atom is 0.374 e. The molecule has 7 nitrogen and oxygen atoms in total. The molecule has 0 saturated heterocycles. The Morgan fingerprint density at radius 1 is 0.750 bits per heavy atom. The number of ether oxygens (including phenoxy) is 2. The third-order valence-corrected chi connectivity index (χ3v) is 5.54. The first kappa shape index (κ1) is 22.3. The van der Waals surface area contributed by atoms with Crippen LogP contribution in [-0.2, 0) is 28.7 Å². The number of rotatable bonds is 7. The highest BCUT2D eigenvalue weighted by Crippen LogP contribution is 2.36. The summed E-state index contributed by atoms with van der Waals surface area (Å²) in [5.41, 5.74) is 0.355. The minimum atomic E-state index is -0.836. The zero-order valence-corrected chi connectivity index (χ0v) is 16.6. The average molecular weight is 393 g/mol. The normalized spacial score (nSPS) is 27.7. The number of aliphatic hydroxyl groups is 1. The van der Waals surface area contributed by atoms with Crippen LogP contribution in [0.4, 0.5) is 0 Å². The summed E-state index contributed by atoms with van der Waals surface area (Å²) in [5, 5.41) is 10.4.